The molecular weight excluding hydrogens is 242 g/mol. The van der Waals surface area contributed by atoms with Gasteiger partial charge in [-0.05, 0) is 38.3 Å². The predicted octanol–water partition coefficient (Wildman–Crippen LogP) is 2.79. The SMILES string of the molecule is COC1(CC(=O)Nc2cccc(C(C)=O)c2)CCC1. The van der Waals surface area contributed by atoms with Gasteiger partial charge < -0.3 is 10.1 Å². The monoisotopic (exact) mass is 261 g/mol. The third-order valence-electron chi connectivity index (χ3n) is 3.73. The number of carbonyl (C=O) groups is 2. The Balaban J connectivity index is 1.99. The Labute approximate surface area is 113 Å². The van der Waals surface area contributed by atoms with E-state index < -0.39 is 0 Å². The van der Waals surface area contributed by atoms with E-state index in [-0.39, 0.29) is 17.3 Å². The van der Waals surface area contributed by atoms with Gasteiger partial charge >= 0.3 is 0 Å². The number of ketones is 1. The number of benzene rings is 1. The summed E-state index contributed by atoms with van der Waals surface area (Å²) in [5.41, 5.74) is 0.980. The number of rotatable bonds is 5. The minimum Gasteiger partial charge on any atom is -0.378 e. The maximum Gasteiger partial charge on any atom is 0.227 e. The zero-order chi connectivity index (χ0) is 13.9. The number of ether oxygens (including phenoxy) is 1. The minimum absolute atomic E-state index is 0.0107. The summed E-state index contributed by atoms with van der Waals surface area (Å²) < 4.78 is 5.43. The van der Waals surface area contributed by atoms with Crippen molar-refractivity contribution in [2.75, 3.05) is 12.4 Å². The molecule has 1 saturated carbocycles. The predicted molar refractivity (Wildman–Crippen MR) is 73.3 cm³/mol. The second-order valence-corrected chi connectivity index (χ2v) is 5.10. The first kappa shape index (κ1) is 13.7. The van der Waals surface area contributed by atoms with Gasteiger partial charge in [0.25, 0.3) is 0 Å². The Hall–Kier alpha value is -1.68. The number of carbonyl (C=O) groups excluding carboxylic acids is 2. The summed E-state index contributed by atoms with van der Waals surface area (Å²) in [4.78, 5) is 23.3. The molecule has 4 nitrogen and oxygen atoms in total. The maximum absolute atomic E-state index is 12.0. The van der Waals surface area contributed by atoms with Gasteiger partial charge in [0.15, 0.2) is 5.78 Å². The number of hydrogen-bond donors (Lipinski definition) is 1. The van der Waals surface area contributed by atoms with Crippen LogP contribution in [0.1, 0.15) is 43.0 Å². The summed E-state index contributed by atoms with van der Waals surface area (Å²) in [7, 11) is 1.66. The van der Waals surface area contributed by atoms with Crippen molar-refractivity contribution in [1.82, 2.24) is 0 Å². The Kier molecular flexibility index (Phi) is 4.00. The molecule has 2 rings (SSSR count). The van der Waals surface area contributed by atoms with Gasteiger partial charge in [-0.25, -0.2) is 0 Å². The molecule has 102 valence electrons. The Morgan fingerprint density at radius 1 is 1.37 bits per heavy atom. The molecule has 0 saturated heterocycles. The molecule has 0 atom stereocenters. The first-order chi connectivity index (χ1) is 9.04. The van der Waals surface area contributed by atoms with Crippen molar-refractivity contribution in [3.63, 3.8) is 0 Å². The molecule has 1 aromatic rings. The summed E-state index contributed by atoms with van der Waals surface area (Å²) >= 11 is 0. The second-order valence-electron chi connectivity index (χ2n) is 5.10. The largest absolute Gasteiger partial charge is 0.378 e. The highest BCUT2D eigenvalue weighted by atomic mass is 16.5. The topological polar surface area (TPSA) is 55.4 Å². The number of hydrogen-bond acceptors (Lipinski definition) is 3. The number of methoxy groups -OCH3 is 1. The molecule has 0 bridgehead atoms. The number of amides is 1. The van der Waals surface area contributed by atoms with Gasteiger partial charge in [-0.3, -0.25) is 9.59 Å². The Bertz CT molecular complexity index is 486. The third kappa shape index (κ3) is 3.20. The maximum atomic E-state index is 12.0. The van der Waals surface area contributed by atoms with Gasteiger partial charge in [0.1, 0.15) is 0 Å². The lowest BCUT2D eigenvalue weighted by Crippen LogP contribution is -2.42. The van der Waals surface area contributed by atoms with Crippen LogP contribution in [0.15, 0.2) is 24.3 Å². The van der Waals surface area contributed by atoms with Gasteiger partial charge in [0.2, 0.25) is 5.91 Å². The van der Waals surface area contributed by atoms with E-state index in [1.807, 2.05) is 0 Å². The number of anilines is 1. The first-order valence-electron chi connectivity index (χ1n) is 6.51. The van der Waals surface area contributed by atoms with Gasteiger partial charge in [-0.15, -0.1) is 0 Å². The van der Waals surface area contributed by atoms with Crippen molar-refractivity contribution in [1.29, 1.82) is 0 Å². The fourth-order valence-corrected chi connectivity index (χ4v) is 2.34. The number of Topliss-reactive ketones (excluding diaryl/α,β-unsaturated/α-hetero) is 1. The van der Waals surface area contributed by atoms with Crippen molar-refractivity contribution >= 4 is 17.4 Å². The molecule has 1 fully saturated rings. The van der Waals surface area contributed by atoms with Crippen LogP contribution in [-0.4, -0.2) is 24.4 Å². The normalized spacial score (nSPS) is 16.5. The molecule has 1 amide bonds. The molecule has 0 aliphatic heterocycles. The van der Waals surface area contributed by atoms with Crippen molar-refractivity contribution in [3.05, 3.63) is 29.8 Å². The van der Waals surface area contributed by atoms with E-state index in [0.717, 1.165) is 19.3 Å². The molecule has 0 spiro atoms. The zero-order valence-electron chi connectivity index (χ0n) is 11.4. The molecule has 0 unspecified atom stereocenters. The molecule has 0 aromatic heterocycles. The van der Waals surface area contributed by atoms with E-state index in [1.54, 1.807) is 31.4 Å². The molecule has 0 radical (unpaired) electrons. The summed E-state index contributed by atoms with van der Waals surface area (Å²) in [6, 6.07) is 6.98. The summed E-state index contributed by atoms with van der Waals surface area (Å²) in [5.74, 6) is -0.0781. The fourth-order valence-electron chi connectivity index (χ4n) is 2.34. The van der Waals surface area contributed by atoms with Crippen LogP contribution in [0.3, 0.4) is 0 Å². The standard InChI is InChI=1S/C15H19NO3/c1-11(17)12-5-3-6-13(9-12)16-14(18)10-15(19-2)7-4-8-15/h3,5-6,9H,4,7-8,10H2,1-2H3,(H,16,18). The van der Waals surface area contributed by atoms with Crippen LogP contribution in [0.2, 0.25) is 0 Å². The molecule has 1 N–H and O–H groups in total. The van der Waals surface area contributed by atoms with Crippen LogP contribution in [0.25, 0.3) is 0 Å². The number of nitrogens with one attached hydrogen (secondary N) is 1. The van der Waals surface area contributed by atoms with Gasteiger partial charge in [-0.2, -0.15) is 0 Å². The highest BCUT2D eigenvalue weighted by Crippen LogP contribution is 2.38. The molecular formula is C15H19NO3. The smallest absolute Gasteiger partial charge is 0.227 e. The molecule has 4 heteroatoms. The molecule has 1 aromatic carbocycles. The minimum atomic E-state index is -0.276. The lowest BCUT2D eigenvalue weighted by Gasteiger charge is -2.39. The van der Waals surface area contributed by atoms with Crippen LogP contribution < -0.4 is 5.32 Å². The highest BCUT2D eigenvalue weighted by Gasteiger charge is 2.38. The van der Waals surface area contributed by atoms with Crippen molar-refractivity contribution in [2.45, 2.75) is 38.2 Å². The average molecular weight is 261 g/mol. The molecule has 19 heavy (non-hydrogen) atoms. The lowest BCUT2D eigenvalue weighted by atomic mass is 9.77. The lowest BCUT2D eigenvalue weighted by molar-refractivity contribution is -0.129. The van der Waals surface area contributed by atoms with E-state index in [9.17, 15) is 9.59 Å². The summed E-state index contributed by atoms with van der Waals surface area (Å²) in [6.45, 7) is 1.51. The summed E-state index contributed by atoms with van der Waals surface area (Å²) in [5, 5.41) is 2.82. The van der Waals surface area contributed by atoms with E-state index >= 15 is 0 Å². The Morgan fingerprint density at radius 3 is 2.63 bits per heavy atom. The average Bonchev–Trinajstić information content (AvgIpc) is 2.34. The van der Waals surface area contributed by atoms with Gasteiger partial charge in [0.05, 0.1) is 12.0 Å². The van der Waals surface area contributed by atoms with Crippen molar-refractivity contribution in [3.8, 4) is 0 Å². The van der Waals surface area contributed by atoms with Gasteiger partial charge in [-0.1, -0.05) is 12.1 Å². The fraction of sp³-hybridized carbons (Fsp3) is 0.467. The molecule has 0 heterocycles. The van der Waals surface area contributed by atoms with Crippen LogP contribution in [0.4, 0.5) is 5.69 Å². The third-order valence-corrected chi connectivity index (χ3v) is 3.73. The molecule has 1 aliphatic rings. The van der Waals surface area contributed by atoms with Crippen LogP contribution in [0.5, 0.6) is 0 Å². The second kappa shape index (κ2) is 5.53. The van der Waals surface area contributed by atoms with Crippen LogP contribution in [-0.2, 0) is 9.53 Å². The van der Waals surface area contributed by atoms with E-state index in [4.69, 9.17) is 4.74 Å². The zero-order valence-corrected chi connectivity index (χ0v) is 11.4. The summed E-state index contributed by atoms with van der Waals surface area (Å²) in [6.07, 6.45) is 3.35. The van der Waals surface area contributed by atoms with Crippen LogP contribution >= 0.6 is 0 Å². The highest BCUT2D eigenvalue weighted by molar-refractivity contribution is 5.97. The Morgan fingerprint density at radius 2 is 2.11 bits per heavy atom. The van der Waals surface area contributed by atoms with Crippen molar-refractivity contribution in [2.24, 2.45) is 0 Å². The van der Waals surface area contributed by atoms with E-state index in [2.05, 4.69) is 5.32 Å². The van der Waals surface area contributed by atoms with E-state index in [1.165, 1.54) is 6.92 Å². The van der Waals surface area contributed by atoms with Gasteiger partial charge in [0, 0.05) is 18.4 Å². The quantitative estimate of drug-likeness (QED) is 0.829. The van der Waals surface area contributed by atoms with Crippen LogP contribution in [0, 0.1) is 0 Å². The van der Waals surface area contributed by atoms with E-state index in [0.29, 0.717) is 17.7 Å². The van der Waals surface area contributed by atoms with Crippen molar-refractivity contribution < 1.29 is 14.3 Å². The molecule has 1 aliphatic carbocycles. The first-order valence-corrected chi connectivity index (χ1v) is 6.51.